The number of carbonyl (C=O) groups excluding carboxylic acids is 2. The van der Waals surface area contributed by atoms with Gasteiger partial charge in [0.2, 0.25) is 0 Å². The van der Waals surface area contributed by atoms with E-state index >= 15 is 0 Å². The van der Waals surface area contributed by atoms with Crippen LogP contribution in [0.2, 0.25) is 0 Å². The average molecular weight is 228 g/mol. The van der Waals surface area contributed by atoms with Gasteiger partial charge in [-0.3, -0.25) is 9.59 Å². The summed E-state index contributed by atoms with van der Waals surface area (Å²) in [4.78, 5) is 23.6. The second-order valence-electron chi connectivity index (χ2n) is 4.03. The number of esters is 1. The summed E-state index contributed by atoms with van der Waals surface area (Å²) in [6.07, 6.45) is 2.23. The topological polar surface area (TPSA) is 52.6 Å². The molecule has 0 radical (unpaired) electrons. The van der Waals surface area contributed by atoms with E-state index in [1.54, 1.807) is 6.92 Å². The van der Waals surface area contributed by atoms with Crippen molar-refractivity contribution in [2.45, 2.75) is 33.1 Å². The molecule has 1 fully saturated rings. The van der Waals surface area contributed by atoms with Crippen LogP contribution < -0.4 is 0 Å². The zero-order valence-electron chi connectivity index (χ0n) is 10.0. The first-order valence-corrected chi connectivity index (χ1v) is 5.98. The van der Waals surface area contributed by atoms with Gasteiger partial charge in [0.05, 0.1) is 13.2 Å². The lowest BCUT2D eigenvalue weighted by Gasteiger charge is -2.23. The molecule has 0 saturated carbocycles. The lowest BCUT2D eigenvalue weighted by atomic mass is 9.87. The van der Waals surface area contributed by atoms with Crippen LogP contribution in [-0.2, 0) is 19.1 Å². The van der Waals surface area contributed by atoms with Crippen LogP contribution in [0.3, 0.4) is 0 Å². The zero-order chi connectivity index (χ0) is 12.0. The Morgan fingerprint density at radius 1 is 1.44 bits per heavy atom. The van der Waals surface area contributed by atoms with E-state index in [0.29, 0.717) is 19.6 Å². The lowest BCUT2D eigenvalue weighted by Crippen LogP contribution is -2.35. The summed E-state index contributed by atoms with van der Waals surface area (Å²) < 4.78 is 10.2. The number of hydrogen-bond acceptors (Lipinski definition) is 4. The Labute approximate surface area is 96.3 Å². The molecule has 0 bridgehead atoms. The normalized spacial score (nSPS) is 22.5. The third-order valence-corrected chi connectivity index (χ3v) is 2.89. The molecule has 4 nitrogen and oxygen atoms in total. The van der Waals surface area contributed by atoms with Gasteiger partial charge in [0, 0.05) is 12.5 Å². The SMILES string of the molecule is CCOC(=O)C(CC)C(=O)C1CCCOC1. The predicted molar refractivity (Wildman–Crippen MR) is 59.0 cm³/mol. The number of ether oxygens (including phenoxy) is 2. The highest BCUT2D eigenvalue weighted by Crippen LogP contribution is 2.21. The van der Waals surface area contributed by atoms with Crippen molar-refractivity contribution in [2.24, 2.45) is 11.8 Å². The van der Waals surface area contributed by atoms with Crippen molar-refractivity contribution in [3.63, 3.8) is 0 Å². The quantitative estimate of drug-likeness (QED) is 0.529. The molecule has 1 rings (SSSR count). The van der Waals surface area contributed by atoms with E-state index in [4.69, 9.17) is 9.47 Å². The molecule has 0 aromatic heterocycles. The van der Waals surface area contributed by atoms with Gasteiger partial charge in [-0.2, -0.15) is 0 Å². The molecule has 1 saturated heterocycles. The van der Waals surface area contributed by atoms with Crippen molar-refractivity contribution >= 4 is 11.8 Å². The first-order valence-electron chi connectivity index (χ1n) is 5.98. The standard InChI is InChI=1S/C12H20O4/c1-3-10(12(14)16-4-2)11(13)9-6-5-7-15-8-9/h9-10H,3-8H2,1-2H3. The van der Waals surface area contributed by atoms with Crippen LogP contribution in [0.15, 0.2) is 0 Å². The number of rotatable bonds is 5. The minimum atomic E-state index is -0.605. The van der Waals surface area contributed by atoms with Gasteiger partial charge in [0.1, 0.15) is 5.92 Å². The maximum absolute atomic E-state index is 12.1. The third-order valence-electron chi connectivity index (χ3n) is 2.89. The Bertz CT molecular complexity index is 243. The summed E-state index contributed by atoms with van der Waals surface area (Å²) in [5.74, 6) is -1.13. The van der Waals surface area contributed by atoms with Crippen molar-refractivity contribution in [1.82, 2.24) is 0 Å². The van der Waals surface area contributed by atoms with E-state index in [-0.39, 0.29) is 17.7 Å². The molecule has 1 aliphatic rings. The van der Waals surface area contributed by atoms with E-state index in [9.17, 15) is 9.59 Å². The van der Waals surface area contributed by atoms with Crippen LogP contribution in [0.1, 0.15) is 33.1 Å². The first kappa shape index (κ1) is 13.2. The summed E-state index contributed by atoms with van der Waals surface area (Å²) in [5, 5.41) is 0. The summed E-state index contributed by atoms with van der Waals surface area (Å²) in [7, 11) is 0. The second-order valence-corrected chi connectivity index (χ2v) is 4.03. The lowest BCUT2D eigenvalue weighted by molar-refractivity contribution is -0.153. The average Bonchev–Trinajstić information content (AvgIpc) is 2.31. The molecule has 0 aliphatic carbocycles. The summed E-state index contributed by atoms with van der Waals surface area (Å²) in [6, 6.07) is 0. The van der Waals surface area contributed by atoms with Gasteiger partial charge in [0.25, 0.3) is 0 Å². The Kier molecular flexibility index (Phi) is 5.46. The monoisotopic (exact) mass is 228 g/mol. The fourth-order valence-corrected chi connectivity index (χ4v) is 1.98. The minimum Gasteiger partial charge on any atom is -0.465 e. The van der Waals surface area contributed by atoms with Gasteiger partial charge in [-0.1, -0.05) is 6.92 Å². The Balaban J connectivity index is 2.57. The molecule has 1 heterocycles. The highest BCUT2D eigenvalue weighted by Gasteiger charge is 2.32. The molecule has 0 amide bonds. The molecule has 1 aliphatic heterocycles. The van der Waals surface area contributed by atoms with Crippen molar-refractivity contribution in [1.29, 1.82) is 0 Å². The van der Waals surface area contributed by atoms with Crippen LogP contribution in [0.5, 0.6) is 0 Å². The molecule has 92 valence electrons. The highest BCUT2D eigenvalue weighted by molar-refractivity contribution is 6.00. The maximum atomic E-state index is 12.1. The molecule has 2 atom stereocenters. The van der Waals surface area contributed by atoms with Crippen molar-refractivity contribution in [2.75, 3.05) is 19.8 Å². The second kappa shape index (κ2) is 6.63. The van der Waals surface area contributed by atoms with Crippen LogP contribution in [0.4, 0.5) is 0 Å². The van der Waals surface area contributed by atoms with Crippen LogP contribution >= 0.6 is 0 Å². The maximum Gasteiger partial charge on any atom is 0.316 e. The Morgan fingerprint density at radius 2 is 2.19 bits per heavy atom. The van der Waals surface area contributed by atoms with E-state index in [0.717, 1.165) is 19.4 Å². The third kappa shape index (κ3) is 3.30. The van der Waals surface area contributed by atoms with Crippen molar-refractivity contribution in [3.8, 4) is 0 Å². The van der Waals surface area contributed by atoms with Gasteiger partial charge in [-0.15, -0.1) is 0 Å². The largest absolute Gasteiger partial charge is 0.465 e. The number of Topliss-reactive ketones (excluding diaryl/α,β-unsaturated/α-hetero) is 1. The molecular formula is C12H20O4. The summed E-state index contributed by atoms with van der Waals surface area (Å²) in [6.45, 7) is 5.08. The van der Waals surface area contributed by atoms with E-state index < -0.39 is 5.92 Å². The van der Waals surface area contributed by atoms with Crippen LogP contribution in [0.25, 0.3) is 0 Å². The number of carbonyl (C=O) groups is 2. The molecule has 0 N–H and O–H groups in total. The fraction of sp³-hybridized carbons (Fsp3) is 0.833. The van der Waals surface area contributed by atoms with E-state index in [2.05, 4.69) is 0 Å². The van der Waals surface area contributed by atoms with Gasteiger partial charge in [-0.05, 0) is 26.2 Å². The molecule has 4 heteroatoms. The summed E-state index contributed by atoms with van der Waals surface area (Å²) in [5.41, 5.74) is 0. The van der Waals surface area contributed by atoms with E-state index in [1.165, 1.54) is 0 Å². The van der Waals surface area contributed by atoms with Gasteiger partial charge in [-0.25, -0.2) is 0 Å². The molecule has 16 heavy (non-hydrogen) atoms. The number of ketones is 1. The first-order chi connectivity index (χ1) is 7.70. The zero-order valence-corrected chi connectivity index (χ0v) is 10.0. The smallest absolute Gasteiger partial charge is 0.316 e. The Hall–Kier alpha value is -0.900. The summed E-state index contributed by atoms with van der Waals surface area (Å²) >= 11 is 0. The van der Waals surface area contributed by atoms with Crippen molar-refractivity contribution < 1.29 is 19.1 Å². The molecule has 2 unspecified atom stereocenters. The van der Waals surface area contributed by atoms with Crippen LogP contribution in [0, 0.1) is 11.8 Å². The molecule has 0 aromatic carbocycles. The molecular weight excluding hydrogens is 208 g/mol. The predicted octanol–water partition coefficient (Wildman–Crippen LogP) is 1.57. The minimum absolute atomic E-state index is 0.0133. The van der Waals surface area contributed by atoms with E-state index in [1.807, 2.05) is 6.92 Å². The Morgan fingerprint density at radius 3 is 2.69 bits per heavy atom. The van der Waals surface area contributed by atoms with Crippen molar-refractivity contribution in [3.05, 3.63) is 0 Å². The highest BCUT2D eigenvalue weighted by atomic mass is 16.5. The number of hydrogen-bond donors (Lipinski definition) is 0. The van der Waals surface area contributed by atoms with Gasteiger partial charge >= 0.3 is 5.97 Å². The van der Waals surface area contributed by atoms with Gasteiger partial charge in [0.15, 0.2) is 5.78 Å². The molecule has 0 spiro atoms. The molecule has 0 aromatic rings. The fourth-order valence-electron chi connectivity index (χ4n) is 1.98. The van der Waals surface area contributed by atoms with Crippen LogP contribution in [-0.4, -0.2) is 31.6 Å². The van der Waals surface area contributed by atoms with Gasteiger partial charge < -0.3 is 9.47 Å².